The summed E-state index contributed by atoms with van der Waals surface area (Å²) in [6.07, 6.45) is 4.84. The third kappa shape index (κ3) is 2.03. The standard InChI is InChI=1S/C9H17NO/c1-8(7-11)9-5-3-4-6-10(9)2/h7-9H,3-6H2,1-2H3. The van der Waals surface area contributed by atoms with Gasteiger partial charge in [-0.1, -0.05) is 13.3 Å². The van der Waals surface area contributed by atoms with Gasteiger partial charge < -0.3 is 9.69 Å². The van der Waals surface area contributed by atoms with Crippen molar-refractivity contribution in [1.82, 2.24) is 4.90 Å². The molecule has 1 rings (SSSR count). The highest BCUT2D eigenvalue weighted by Crippen LogP contribution is 2.20. The molecule has 0 aromatic heterocycles. The zero-order valence-electron chi connectivity index (χ0n) is 7.42. The summed E-state index contributed by atoms with van der Waals surface area (Å²) in [4.78, 5) is 12.8. The van der Waals surface area contributed by atoms with E-state index in [1.54, 1.807) is 0 Å². The van der Waals surface area contributed by atoms with Crippen LogP contribution in [0.1, 0.15) is 26.2 Å². The fourth-order valence-corrected chi connectivity index (χ4v) is 1.86. The van der Waals surface area contributed by atoms with Crippen molar-refractivity contribution < 1.29 is 4.79 Å². The lowest BCUT2D eigenvalue weighted by Crippen LogP contribution is -2.41. The zero-order valence-corrected chi connectivity index (χ0v) is 7.42. The average molecular weight is 155 g/mol. The van der Waals surface area contributed by atoms with E-state index in [0.717, 1.165) is 12.8 Å². The summed E-state index contributed by atoms with van der Waals surface area (Å²) in [5, 5.41) is 0. The molecule has 1 saturated heterocycles. The van der Waals surface area contributed by atoms with E-state index in [1.807, 2.05) is 6.92 Å². The minimum atomic E-state index is 0.209. The number of carbonyl (C=O) groups excluding carboxylic acids is 1. The van der Waals surface area contributed by atoms with Crippen LogP contribution in [-0.4, -0.2) is 30.8 Å². The second-order valence-electron chi connectivity index (χ2n) is 3.54. The first-order valence-electron chi connectivity index (χ1n) is 4.41. The van der Waals surface area contributed by atoms with Gasteiger partial charge in [-0.05, 0) is 26.4 Å². The van der Waals surface area contributed by atoms with Gasteiger partial charge >= 0.3 is 0 Å². The smallest absolute Gasteiger partial charge is 0.124 e. The summed E-state index contributed by atoms with van der Waals surface area (Å²) in [6.45, 7) is 3.17. The molecule has 0 amide bonds. The maximum atomic E-state index is 10.5. The van der Waals surface area contributed by atoms with Gasteiger partial charge in [-0.15, -0.1) is 0 Å². The Hall–Kier alpha value is -0.370. The highest BCUT2D eigenvalue weighted by atomic mass is 16.1. The lowest BCUT2D eigenvalue weighted by molar-refractivity contribution is -0.112. The van der Waals surface area contributed by atoms with Crippen LogP contribution in [0.25, 0.3) is 0 Å². The zero-order chi connectivity index (χ0) is 8.27. The van der Waals surface area contributed by atoms with Gasteiger partial charge in [0.15, 0.2) is 0 Å². The highest BCUT2D eigenvalue weighted by molar-refractivity contribution is 5.54. The first-order valence-corrected chi connectivity index (χ1v) is 4.41. The van der Waals surface area contributed by atoms with Gasteiger partial charge in [0, 0.05) is 12.0 Å². The number of likely N-dealkylation sites (tertiary alicyclic amines) is 1. The minimum absolute atomic E-state index is 0.209. The van der Waals surface area contributed by atoms with Crippen LogP contribution in [0.2, 0.25) is 0 Å². The molecule has 1 aliphatic rings. The number of hydrogen-bond acceptors (Lipinski definition) is 2. The van der Waals surface area contributed by atoms with Crippen LogP contribution in [0, 0.1) is 5.92 Å². The molecule has 0 N–H and O–H groups in total. The van der Waals surface area contributed by atoms with Gasteiger partial charge in [-0.2, -0.15) is 0 Å². The van der Waals surface area contributed by atoms with Crippen molar-refractivity contribution in [2.24, 2.45) is 5.92 Å². The van der Waals surface area contributed by atoms with Gasteiger partial charge in [-0.25, -0.2) is 0 Å². The maximum Gasteiger partial charge on any atom is 0.124 e. The third-order valence-corrected chi connectivity index (χ3v) is 2.65. The molecule has 0 aromatic rings. The number of carbonyl (C=O) groups is 1. The predicted octanol–water partition coefficient (Wildman–Crippen LogP) is 1.31. The Labute approximate surface area is 68.6 Å². The van der Waals surface area contributed by atoms with E-state index in [0.29, 0.717) is 6.04 Å². The van der Waals surface area contributed by atoms with Crippen LogP contribution in [0.5, 0.6) is 0 Å². The topological polar surface area (TPSA) is 20.3 Å². The summed E-state index contributed by atoms with van der Waals surface area (Å²) >= 11 is 0. The number of piperidine rings is 1. The summed E-state index contributed by atoms with van der Waals surface area (Å²) in [5.74, 6) is 0.209. The fraction of sp³-hybridized carbons (Fsp3) is 0.889. The van der Waals surface area contributed by atoms with Gasteiger partial charge in [0.05, 0.1) is 0 Å². The van der Waals surface area contributed by atoms with E-state index >= 15 is 0 Å². The molecule has 2 nitrogen and oxygen atoms in total. The quantitative estimate of drug-likeness (QED) is 0.560. The number of hydrogen-bond donors (Lipinski definition) is 0. The Morgan fingerprint density at radius 2 is 2.27 bits per heavy atom. The summed E-state index contributed by atoms with van der Waals surface area (Å²) in [7, 11) is 2.11. The van der Waals surface area contributed by atoms with Gasteiger partial charge in [0.1, 0.15) is 6.29 Å². The van der Waals surface area contributed by atoms with Crippen LogP contribution in [0.4, 0.5) is 0 Å². The molecular weight excluding hydrogens is 138 g/mol. The van der Waals surface area contributed by atoms with E-state index in [4.69, 9.17) is 0 Å². The van der Waals surface area contributed by atoms with Crippen molar-refractivity contribution >= 4 is 6.29 Å². The monoisotopic (exact) mass is 155 g/mol. The molecule has 2 unspecified atom stereocenters. The molecule has 11 heavy (non-hydrogen) atoms. The van der Waals surface area contributed by atoms with Crippen LogP contribution in [0.15, 0.2) is 0 Å². The van der Waals surface area contributed by atoms with Crippen molar-refractivity contribution in [3.8, 4) is 0 Å². The molecule has 0 saturated carbocycles. The van der Waals surface area contributed by atoms with Crippen LogP contribution >= 0.6 is 0 Å². The maximum absolute atomic E-state index is 10.5. The Balaban J connectivity index is 2.46. The van der Waals surface area contributed by atoms with Crippen LogP contribution < -0.4 is 0 Å². The molecule has 64 valence electrons. The first-order chi connectivity index (χ1) is 5.25. The summed E-state index contributed by atoms with van der Waals surface area (Å²) in [5.41, 5.74) is 0. The molecule has 1 aliphatic heterocycles. The third-order valence-electron chi connectivity index (χ3n) is 2.65. The SMILES string of the molecule is CC(C=O)C1CCCCN1C. The average Bonchev–Trinajstić information content (AvgIpc) is 2.04. The molecule has 0 spiro atoms. The second kappa shape index (κ2) is 3.86. The minimum Gasteiger partial charge on any atom is -0.303 e. The molecule has 2 atom stereocenters. The number of aldehydes is 1. The van der Waals surface area contributed by atoms with Crippen molar-refractivity contribution in [1.29, 1.82) is 0 Å². The number of nitrogens with zero attached hydrogens (tertiary/aromatic N) is 1. The number of rotatable bonds is 2. The van der Waals surface area contributed by atoms with E-state index in [1.165, 1.54) is 19.3 Å². The molecule has 0 aromatic carbocycles. The van der Waals surface area contributed by atoms with Crippen molar-refractivity contribution in [3.05, 3.63) is 0 Å². The van der Waals surface area contributed by atoms with Gasteiger partial charge in [0.25, 0.3) is 0 Å². The molecule has 1 fully saturated rings. The summed E-state index contributed by atoms with van der Waals surface area (Å²) in [6, 6.07) is 0.501. The van der Waals surface area contributed by atoms with Crippen molar-refractivity contribution in [2.75, 3.05) is 13.6 Å². The van der Waals surface area contributed by atoms with Crippen molar-refractivity contribution in [2.45, 2.75) is 32.2 Å². The Morgan fingerprint density at radius 3 is 2.82 bits per heavy atom. The molecule has 2 heteroatoms. The molecular formula is C9H17NO. The van der Waals surface area contributed by atoms with Crippen molar-refractivity contribution in [3.63, 3.8) is 0 Å². The second-order valence-corrected chi connectivity index (χ2v) is 3.54. The van der Waals surface area contributed by atoms with E-state index in [-0.39, 0.29) is 5.92 Å². The van der Waals surface area contributed by atoms with E-state index < -0.39 is 0 Å². The molecule has 0 radical (unpaired) electrons. The predicted molar refractivity (Wildman–Crippen MR) is 45.5 cm³/mol. The molecule has 0 aliphatic carbocycles. The van der Waals surface area contributed by atoms with E-state index in [9.17, 15) is 4.79 Å². The highest BCUT2D eigenvalue weighted by Gasteiger charge is 2.23. The van der Waals surface area contributed by atoms with Crippen LogP contribution in [-0.2, 0) is 4.79 Å². The normalized spacial score (nSPS) is 29.8. The lowest BCUT2D eigenvalue weighted by atomic mass is 9.93. The Kier molecular flexibility index (Phi) is 3.06. The van der Waals surface area contributed by atoms with Crippen LogP contribution in [0.3, 0.4) is 0 Å². The summed E-state index contributed by atoms with van der Waals surface area (Å²) < 4.78 is 0. The molecule has 1 heterocycles. The largest absolute Gasteiger partial charge is 0.303 e. The van der Waals surface area contributed by atoms with Gasteiger partial charge in [0.2, 0.25) is 0 Å². The Morgan fingerprint density at radius 1 is 1.55 bits per heavy atom. The van der Waals surface area contributed by atoms with E-state index in [2.05, 4.69) is 11.9 Å². The van der Waals surface area contributed by atoms with Gasteiger partial charge in [-0.3, -0.25) is 0 Å². The lowest BCUT2D eigenvalue weighted by Gasteiger charge is -2.34. The molecule has 0 bridgehead atoms. The Bertz CT molecular complexity index is 136. The first kappa shape index (κ1) is 8.72. The fourth-order valence-electron chi connectivity index (χ4n) is 1.86.